The van der Waals surface area contributed by atoms with Crippen molar-refractivity contribution in [2.24, 2.45) is 0 Å². The predicted octanol–water partition coefficient (Wildman–Crippen LogP) is 2.06. The number of benzene rings is 1. The maximum atomic E-state index is 11.8. The van der Waals surface area contributed by atoms with E-state index in [2.05, 4.69) is 5.32 Å². The number of carbonyl (C=O) groups excluding carboxylic acids is 1. The second-order valence-corrected chi connectivity index (χ2v) is 3.48. The van der Waals surface area contributed by atoms with Gasteiger partial charge in [-0.15, -0.1) is 0 Å². The largest absolute Gasteiger partial charge is 0.497 e. The fraction of sp³-hybridized carbons (Fsp3) is 0.364. The molecule has 1 rings (SSSR count). The molecule has 0 saturated carbocycles. The zero-order valence-electron chi connectivity index (χ0n) is 9.67. The molecule has 100 valence electrons. The quantitative estimate of drug-likeness (QED) is 0.816. The lowest BCUT2D eigenvalue weighted by molar-refractivity contribution is -0.145. The van der Waals surface area contributed by atoms with E-state index < -0.39 is 12.3 Å². The van der Waals surface area contributed by atoms with Gasteiger partial charge in [0.15, 0.2) is 0 Å². The summed E-state index contributed by atoms with van der Waals surface area (Å²) in [4.78, 5) is 10.8. The van der Waals surface area contributed by atoms with E-state index in [1.165, 1.54) is 7.11 Å². The lowest BCUT2D eigenvalue weighted by Crippen LogP contribution is -2.44. The summed E-state index contributed by atoms with van der Waals surface area (Å²) in [6.45, 7) is 0.119. The molecule has 7 heteroatoms. The molecular formula is C11H13F3N2O2. The molecule has 4 nitrogen and oxygen atoms in total. The molecule has 1 aromatic carbocycles. The van der Waals surface area contributed by atoms with E-state index in [9.17, 15) is 18.0 Å². The van der Waals surface area contributed by atoms with Crippen LogP contribution in [0.25, 0.3) is 0 Å². The van der Waals surface area contributed by atoms with Crippen LogP contribution < -0.4 is 15.4 Å². The van der Waals surface area contributed by atoms with Crippen molar-refractivity contribution in [3.05, 3.63) is 29.8 Å². The molecule has 0 saturated heterocycles. The fourth-order valence-corrected chi connectivity index (χ4v) is 1.29. The van der Waals surface area contributed by atoms with Gasteiger partial charge >= 0.3 is 12.3 Å². The van der Waals surface area contributed by atoms with Gasteiger partial charge in [-0.1, -0.05) is 12.1 Å². The topological polar surface area (TPSA) is 50.4 Å². The van der Waals surface area contributed by atoms with Gasteiger partial charge in [-0.25, -0.2) is 10.1 Å². The van der Waals surface area contributed by atoms with Crippen molar-refractivity contribution in [1.82, 2.24) is 10.6 Å². The Morgan fingerprint density at radius 3 is 2.39 bits per heavy atom. The summed E-state index contributed by atoms with van der Waals surface area (Å²) < 4.78 is 40.2. The molecule has 0 heterocycles. The molecule has 18 heavy (non-hydrogen) atoms. The number of hydrogen-bond acceptors (Lipinski definition) is 2. The molecule has 0 radical (unpaired) electrons. The molecule has 2 amide bonds. The van der Waals surface area contributed by atoms with E-state index in [4.69, 9.17) is 4.74 Å². The minimum Gasteiger partial charge on any atom is -0.497 e. The van der Waals surface area contributed by atoms with Crippen molar-refractivity contribution < 1.29 is 22.7 Å². The molecule has 0 bridgehead atoms. The first-order valence-electron chi connectivity index (χ1n) is 5.16. The fourth-order valence-electron chi connectivity index (χ4n) is 1.29. The third-order valence-electron chi connectivity index (χ3n) is 2.11. The molecule has 0 unspecified atom stereocenters. The first-order valence-corrected chi connectivity index (χ1v) is 5.16. The number of amides is 2. The number of urea groups is 1. The van der Waals surface area contributed by atoms with E-state index in [1.807, 2.05) is 0 Å². The van der Waals surface area contributed by atoms with Gasteiger partial charge in [-0.3, -0.25) is 0 Å². The van der Waals surface area contributed by atoms with E-state index in [1.54, 1.807) is 24.3 Å². The average Bonchev–Trinajstić information content (AvgIpc) is 2.27. The van der Waals surface area contributed by atoms with Crippen molar-refractivity contribution in [2.75, 3.05) is 13.7 Å². The SMILES string of the molecule is COc1ccc(CCNC(=O)NC(F)(F)F)cc1. The number of carbonyl (C=O) groups is 1. The van der Waals surface area contributed by atoms with E-state index in [0.29, 0.717) is 12.2 Å². The molecule has 0 aliphatic heterocycles. The Bertz CT molecular complexity index is 390. The number of nitrogens with one attached hydrogen (secondary N) is 2. The number of methoxy groups -OCH3 is 1. The number of ether oxygens (including phenoxy) is 1. The van der Waals surface area contributed by atoms with E-state index in [0.717, 1.165) is 10.9 Å². The van der Waals surface area contributed by atoms with E-state index >= 15 is 0 Å². The van der Waals surface area contributed by atoms with Crippen LogP contribution in [0.2, 0.25) is 0 Å². The maximum Gasteiger partial charge on any atom is 0.485 e. The summed E-state index contributed by atoms with van der Waals surface area (Å²) in [5, 5.41) is 2.97. The lowest BCUT2D eigenvalue weighted by atomic mass is 10.1. The van der Waals surface area contributed by atoms with Crippen LogP contribution in [0.4, 0.5) is 18.0 Å². The summed E-state index contributed by atoms with van der Waals surface area (Å²) in [5.74, 6) is 0.696. The number of hydrogen-bond donors (Lipinski definition) is 2. The zero-order chi connectivity index (χ0) is 13.6. The smallest absolute Gasteiger partial charge is 0.485 e. The molecule has 1 aromatic rings. The van der Waals surface area contributed by atoms with Gasteiger partial charge in [0.25, 0.3) is 0 Å². The van der Waals surface area contributed by atoms with Crippen LogP contribution in [-0.2, 0) is 6.42 Å². The van der Waals surface area contributed by atoms with Crippen LogP contribution in [0.15, 0.2) is 24.3 Å². The first-order chi connectivity index (χ1) is 8.40. The van der Waals surface area contributed by atoms with Crippen LogP contribution in [-0.4, -0.2) is 26.0 Å². The molecule has 0 aromatic heterocycles. The van der Waals surface area contributed by atoms with Crippen molar-refractivity contribution in [1.29, 1.82) is 0 Å². The van der Waals surface area contributed by atoms with Crippen LogP contribution in [0.1, 0.15) is 5.56 Å². The van der Waals surface area contributed by atoms with Gasteiger partial charge in [0.05, 0.1) is 7.11 Å². The van der Waals surface area contributed by atoms with Crippen LogP contribution in [0.3, 0.4) is 0 Å². The first kappa shape index (κ1) is 14.1. The maximum absolute atomic E-state index is 11.8. The number of rotatable bonds is 4. The monoisotopic (exact) mass is 262 g/mol. The minimum atomic E-state index is -4.70. The Balaban J connectivity index is 2.30. The third-order valence-corrected chi connectivity index (χ3v) is 2.11. The lowest BCUT2D eigenvalue weighted by Gasteiger charge is -2.10. The van der Waals surface area contributed by atoms with Crippen molar-refractivity contribution in [3.63, 3.8) is 0 Å². The highest BCUT2D eigenvalue weighted by Crippen LogP contribution is 2.11. The Labute approximate surface area is 102 Å². The van der Waals surface area contributed by atoms with Crippen molar-refractivity contribution >= 4 is 6.03 Å². The normalized spacial score (nSPS) is 10.9. The molecule has 0 fully saturated rings. The summed E-state index contributed by atoms with van der Waals surface area (Å²) in [7, 11) is 1.54. The zero-order valence-corrected chi connectivity index (χ0v) is 9.67. The molecule has 2 N–H and O–H groups in total. The van der Waals surface area contributed by atoms with Gasteiger partial charge in [-0.05, 0) is 24.1 Å². The Morgan fingerprint density at radius 2 is 1.89 bits per heavy atom. The molecule has 0 spiro atoms. The molecule has 0 atom stereocenters. The standard InChI is InChI=1S/C11H13F3N2O2/c1-18-9-4-2-8(3-5-9)6-7-15-10(17)16-11(12,13)14/h2-5H,6-7H2,1H3,(H2,15,16,17). The Hall–Kier alpha value is -1.92. The summed E-state index contributed by atoms with van der Waals surface area (Å²) in [5.41, 5.74) is 0.892. The third kappa shape index (κ3) is 5.42. The summed E-state index contributed by atoms with van der Waals surface area (Å²) in [6, 6.07) is 5.79. The van der Waals surface area contributed by atoms with Crippen molar-refractivity contribution in [2.45, 2.75) is 12.7 Å². The Kier molecular flexibility index (Phi) is 4.82. The van der Waals surface area contributed by atoms with Crippen molar-refractivity contribution in [3.8, 4) is 5.75 Å². The highest BCUT2D eigenvalue weighted by molar-refractivity contribution is 5.74. The number of alkyl halides is 3. The Morgan fingerprint density at radius 1 is 1.28 bits per heavy atom. The van der Waals surface area contributed by atoms with Crippen LogP contribution in [0.5, 0.6) is 5.75 Å². The van der Waals surface area contributed by atoms with Gasteiger partial charge in [0.2, 0.25) is 0 Å². The van der Waals surface area contributed by atoms with Gasteiger partial charge < -0.3 is 10.1 Å². The van der Waals surface area contributed by atoms with Gasteiger partial charge in [0.1, 0.15) is 5.75 Å². The average molecular weight is 262 g/mol. The highest BCUT2D eigenvalue weighted by Gasteiger charge is 2.29. The van der Waals surface area contributed by atoms with Crippen LogP contribution >= 0.6 is 0 Å². The van der Waals surface area contributed by atoms with E-state index in [-0.39, 0.29) is 6.54 Å². The van der Waals surface area contributed by atoms with Crippen LogP contribution in [0, 0.1) is 0 Å². The second-order valence-electron chi connectivity index (χ2n) is 3.48. The van der Waals surface area contributed by atoms with Gasteiger partial charge in [0, 0.05) is 6.54 Å². The highest BCUT2D eigenvalue weighted by atomic mass is 19.4. The molecule has 0 aliphatic rings. The van der Waals surface area contributed by atoms with Gasteiger partial charge in [-0.2, -0.15) is 13.2 Å². The molecule has 0 aliphatic carbocycles. The second kappa shape index (κ2) is 6.13. The molecular weight excluding hydrogens is 249 g/mol. The minimum absolute atomic E-state index is 0.119. The summed E-state index contributed by atoms with van der Waals surface area (Å²) >= 11 is 0. The summed E-state index contributed by atoms with van der Waals surface area (Å²) in [6.07, 6.45) is -4.26. The number of halogens is 3. The predicted molar refractivity (Wildman–Crippen MR) is 59.3 cm³/mol.